The minimum absolute atomic E-state index is 0.159. The van der Waals surface area contributed by atoms with Crippen LogP contribution in [0, 0.1) is 0 Å². The summed E-state index contributed by atoms with van der Waals surface area (Å²) in [5, 5.41) is 21.0. The first kappa shape index (κ1) is 39.0. The zero-order valence-corrected chi connectivity index (χ0v) is 33.1. The molecule has 1 fully saturated rings. The van der Waals surface area contributed by atoms with Gasteiger partial charge in [0.1, 0.15) is 23.3 Å². The number of carbonyl (C=O) groups is 2. The van der Waals surface area contributed by atoms with Gasteiger partial charge in [-0.05, 0) is 60.0 Å². The van der Waals surface area contributed by atoms with Crippen LogP contribution < -0.4 is 25.8 Å². The number of ether oxygens (including phenoxy) is 2. The Morgan fingerprint density at radius 3 is 2.58 bits per heavy atom. The topological polar surface area (TPSA) is 171 Å². The molecule has 6 rings (SSSR count). The number of aromatic nitrogens is 7. The number of pyridine rings is 1. The molecular weight excluding hydrogens is 723 g/mol. The molecule has 0 aliphatic carbocycles. The number of tetrazole rings is 1. The summed E-state index contributed by atoms with van der Waals surface area (Å²) >= 11 is 1.35. The Kier molecular flexibility index (Phi) is 11.6. The molecule has 0 spiro atoms. The van der Waals surface area contributed by atoms with Gasteiger partial charge in [-0.15, -0.1) is 21.5 Å². The number of nitrogens with zero attached hydrogens (tertiary/aromatic N) is 9. The molecule has 1 atom stereocenters. The first-order chi connectivity index (χ1) is 26.1. The van der Waals surface area contributed by atoms with Gasteiger partial charge in [0.2, 0.25) is 0 Å². The first-order valence-electron chi connectivity index (χ1n) is 18.1. The van der Waals surface area contributed by atoms with E-state index in [9.17, 15) is 14.4 Å². The van der Waals surface area contributed by atoms with E-state index in [1.165, 1.54) is 26.7 Å². The van der Waals surface area contributed by atoms with Crippen molar-refractivity contribution in [3.05, 3.63) is 86.5 Å². The van der Waals surface area contributed by atoms with Crippen molar-refractivity contribution in [2.24, 2.45) is 0 Å². The number of anilines is 2. The molecule has 290 valence electrons. The molecule has 5 aromatic rings. The van der Waals surface area contributed by atoms with Gasteiger partial charge in [-0.3, -0.25) is 19.3 Å². The Hall–Kier alpha value is -5.68. The van der Waals surface area contributed by atoms with E-state index in [1.807, 2.05) is 34.5 Å². The van der Waals surface area contributed by atoms with Crippen molar-refractivity contribution in [1.29, 1.82) is 0 Å². The number of methoxy groups -OCH3 is 1. The Labute approximate surface area is 323 Å². The van der Waals surface area contributed by atoms with Gasteiger partial charge in [-0.1, -0.05) is 32.9 Å². The van der Waals surface area contributed by atoms with E-state index in [4.69, 9.17) is 14.5 Å². The fourth-order valence-electron chi connectivity index (χ4n) is 5.87. The van der Waals surface area contributed by atoms with E-state index in [1.54, 1.807) is 31.4 Å². The molecule has 4 aromatic heterocycles. The fraction of sp³-hybridized carbons (Fsp3) is 0.421. The van der Waals surface area contributed by atoms with Gasteiger partial charge in [-0.2, -0.15) is 4.80 Å². The summed E-state index contributed by atoms with van der Waals surface area (Å²) in [5.41, 5.74) is 2.21. The maximum absolute atomic E-state index is 14.2. The second kappa shape index (κ2) is 16.4. The molecule has 55 heavy (non-hydrogen) atoms. The number of alkyl carbamates (subject to hydrolysis) is 1. The zero-order valence-electron chi connectivity index (χ0n) is 32.3. The monoisotopic (exact) mass is 770 g/mol. The van der Waals surface area contributed by atoms with E-state index in [0.717, 1.165) is 23.6 Å². The molecule has 17 heteroatoms. The van der Waals surface area contributed by atoms with Crippen molar-refractivity contribution >= 4 is 52.1 Å². The number of benzene rings is 1. The van der Waals surface area contributed by atoms with Crippen molar-refractivity contribution in [2.45, 2.75) is 51.7 Å². The summed E-state index contributed by atoms with van der Waals surface area (Å²) in [6.07, 6.45) is 5.24. The van der Waals surface area contributed by atoms with Crippen molar-refractivity contribution < 1.29 is 23.5 Å². The second-order valence-electron chi connectivity index (χ2n) is 15.5. The number of likely N-dealkylation sites (N-methyl/N-ethyl adjacent to an activating group) is 1. The third kappa shape index (κ3) is 10.1. The highest BCUT2D eigenvalue weighted by atomic mass is 32.1. The number of fused-ring (bicyclic) bond motifs is 1. The molecule has 1 aliphatic heterocycles. The molecule has 0 bridgehead atoms. The van der Waals surface area contributed by atoms with Gasteiger partial charge in [0.15, 0.2) is 11.0 Å². The molecule has 1 aromatic carbocycles. The fourth-order valence-corrected chi connectivity index (χ4v) is 6.80. The molecule has 1 aliphatic rings. The van der Waals surface area contributed by atoms with Crippen molar-refractivity contribution in [3.8, 4) is 5.75 Å². The van der Waals surface area contributed by atoms with E-state index >= 15 is 0 Å². The maximum atomic E-state index is 14.2. The molecular formula is C38H48N11O5S+. The Balaban J connectivity index is 1.28. The molecule has 2 amide bonds. The molecule has 1 saturated heterocycles. The number of rotatable bonds is 12. The largest absolute Gasteiger partial charge is 0.497 e. The Morgan fingerprint density at radius 2 is 1.87 bits per heavy atom. The minimum atomic E-state index is -0.485. The second-order valence-corrected chi connectivity index (χ2v) is 16.3. The average molecular weight is 771 g/mol. The van der Waals surface area contributed by atoms with Gasteiger partial charge >= 0.3 is 6.09 Å². The summed E-state index contributed by atoms with van der Waals surface area (Å²) in [6.45, 7) is 8.69. The van der Waals surface area contributed by atoms with Gasteiger partial charge in [0.25, 0.3) is 11.5 Å². The summed E-state index contributed by atoms with van der Waals surface area (Å²) < 4.78 is 13.2. The van der Waals surface area contributed by atoms with Crippen LogP contribution in [0.3, 0.4) is 0 Å². The van der Waals surface area contributed by atoms with Crippen LogP contribution in [-0.2, 0) is 16.7 Å². The number of hydrogen-bond donors (Lipinski definition) is 2. The molecule has 0 unspecified atom stereocenters. The van der Waals surface area contributed by atoms with E-state index in [0.29, 0.717) is 65.8 Å². The molecule has 2 N–H and O–H groups in total. The number of thiazole rings is 1. The van der Waals surface area contributed by atoms with Crippen LogP contribution >= 0.6 is 11.3 Å². The zero-order chi connectivity index (χ0) is 39.3. The molecule has 16 nitrogen and oxygen atoms in total. The van der Waals surface area contributed by atoms with Crippen LogP contribution in [0.1, 0.15) is 66.6 Å². The smallest absolute Gasteiger partial charge is 0.407 e. The lowest BCUT2D eigenvalue weighted by molar-refractivity contribution is -0.869. The third-order valence-electron chi connectivity index (χ3n) is 8.95. The summed E-state index contributed by atoms with van der Waals surface area (Å²) in [7, 11) is 7.77. The lowest BCUT2D eigenvalue weighted by Crippen LogP contribution is -2.45. The highest BCUT2D eigenvalue weighted by Crippen LogP contribution is 2.27. The predicted molar refractivity (Wildman–Crippen MR) is 212 cm³/mol. The number of carbonyl (C=O) groups excluding carboxylic acids is 2. The maximum Gasteiger partial charge on any atom is 0.407 e. The minimum Gasteiger partial charge on any atom is -0.497 e. The summed E-state index contributed by atoms with van der Waals surface area (Å²) in [5.74, 6) is 1.07. The number of amides is 2. The van der Waals surface area contributed by atoms with Gasteiger partial charge in [0, 0.05) is 29.1 Å². The van der Waals surface area contributed by atoms with Crippen LogP contribution in [0.25, 0.3) is 17.8 Å². The highest BCUT2D eigenvalue weighted by Gasteiger charge is 2.27. The standard InChI is InChI=1S/C38H47N11O5S/c1-38(2,3)30-24-55-36(40-30)42-34(50)26-16-19-47-32(21-26)41-33(46-18-8-9-28(23-46)54-37(52)39-17-20-49(4,5)6)29(35(47)51)14-15-31-43-45-48(44-31)22-25-10-12-27(53-7)13-11-25/h10-16,19,21,24,28H,8-9,17-18,20,22-23H2,1-7H3,(H-,39,40,42,50,52)/p+1/t28-/m1/s1. The molecule has 0 radical (unpaired) electrons. The van der Waals surface area contributed by atoms with Crippen LogP contribution in [0.4, 0.5) is 15.7 Å². The lowest BCUT2D eigenvalue weighted by atomic mass is 9.93. The number of hydrogen-bond acceptors (Lipinski definition) is 12. The lowest BCUT2D eigenvalue weighted by Gasteiger charge is -2.34. The van der Waals surface area contributed by atoms with Gasteiger partial charge in [0.05, 0.1) is 65.7 Å². The molecule has 5 heterocycles. The Bertz CT molecular complexity index is 2230. The predicted octanol–water partition coefficient (Wildman–Crippen LogP) is 4.32. The normalized spacial score (nSPS) is 15.0. The quantitative estimate of drug-likeness (QED) is 0.173. The number of nitrogens with one attached hydrogen (secondary N) is 2. The SMILES string of the molecule is COc1ccc(Cn2nnc(C=Cc3c(N4CCC[C@@H](OC(=O)NCC[N+](C)(C)C)C4)nc4cc(C(=O)Nc5nc(C(C)(C)C)cs5)ccn4c3=O)n2)cc1. The van der Waals surface area contributed by atoms with Crippen molar-refractivity contribution in [1.82, 2.24) is 39.9 Å². The van der Waals surface area contributed by atoms with Crippen LogP contribution in [0.2, 0.25) is 0 Å². The average Bonchev–Trinajstić information content (AvgIpc) is 3.80. The van der Waals surface area contributed by atoms with E-state index in [2.05, 4.69) is 72.9 Å². The van der Waals surface area contributed by atoms with Crippen molar-refractivity contribution in [2.75, 3.05) is 64.6 Å². The van der Waals surface area contributed by atoms with Crippen molar-refractivity contribution in [3.63, 3.8) is 0 Å². The van der Waals surface area contributed by atoms with E-state index < -0.39 is 12.2 Å². The first-order valence-corrected chi connectivity index (χ1v) is 19.0. The Morgan fingerprint density at radius 1 is 1.09 bits per heavy atom. The van der Waals surface area contributed by atoms with Gasteiger partial charge < -0.3 is 24.2 Å². The van der Waals surface area contributed by atoms with Crippen LogP contribution in [0.5, 0.6) is 5.75 Å². The van der Waals surface area contributed by atoms with E-state index in [-0.39, 0.29) is 28.1 Å². The molecule has 0 saturated carbocycles. The summed E-state index contributed by atoms with van der Waals surface area (Å²) in [4.78, 5) is 53.2. The third-order valence-corrected chi connectivity index (χ3v) is 9.71. The summed E-state index contributed by atoms with van der Waals surface area (Å²) in [6, 6.07) is 10.7. The van der Waals surface area contributed by atoms with Gasteiger partial charge in [-0.25, -0.2) is 14.8 Å². The highest BCUT2D eigenvalue weighted by molar-refractivity contribution is 7.14. The number of piperidine rings is 1. The van der Waals surface area contributed by atoms with Crippen LogP contribution in [0.15, 0.2) is 52.8 Å². The number of quaternary nitrogens is 1. The van der Waals surface area contributed by atoms with Crippen LogP contribution in [-0.4, -0.2) is 112 Å².